The number of benzene rings is 2. The van der Waals surface area contributed by atoms with Gasteiger partial charge in [0, 0.05) is 5.69 Å². The lowest BCUT2D eigenvalue weighted by Crippen LogP contribution is -2.08. The summed E-state index contributed by atoms with van der Waals surface area (Å²) in [6, 6.07) is 12.2. The van der Waals surface area contributed by atoms with Gasteiger partial charge in [-0.25, -0.2) is 4.39 Å². The van der Waals surface area contributed by atoms with E-state index in [9.17, 15) is 4.39 Å². The van der Waals surface area contributed by atoms with Gasteiger partial charge in [-0.05, 0) is 64.5 Å². The fraction of sp³-hybridized carbons (Fsp3) is 0.250. The van der Waals surface area contributed by atoms with Crippen molar-refractivity contribution in [2.24, 2.45) is 0 Å². The normalized spacial score (nSPS) is 17.3. The summed E-state index contributed by atoms with van der Waals surface area (Å²) in [7, 11) is 0. The number of hydrogen-bond donors (Lipinski definition) is 1. The molecule has 3 rings (SSSR count). The van der Waals surface area contributed by atoms with Crippen molar-refractivity contribution < 1.29 is 4.39 Å². The van der Waals surface area contributed by atoms with Gasteiger partial charge >= 0.3 is 0 Å². The van der Waals surface area contributed by atoms with E-state index in [1.54, 1.807) is 6.07 Å². The molecule has 1 aliphatic rings. The first-order chi connectivity index (χ1) is 9.15. The molecule has 0 saturated heterocycles. The Bertz CT molecular complexity index is 624. The molecular weight excluding hydrogens is 305 g/mol. The lowest BCUT2D eigenvalue weighted by Gasteiger charge is -2.18. The summed E-state index contributed by atoms with van der Waals surface area (Å²) in [6.07, 6.45) is 2.20. The van der Waals surface area contributed by atoms with Crippen LogP contribution in [-0.4, -0.2) is 0 Å². The largest absolute Gasteiger partial charge is 0.378 e. The van der Waals surface area contributed by atoms with Gasteiger partial charge in [0.2, 0.25) is 0 Å². The highest BCUT2D eigenvalue weighted by Crippen LogP contribution is 2.35. The van der Waals surface area contributed by atoms with Gasteiger partial charge < -0.3 is 5.32 Å². The van der Waals surface area contributed by atoms with Gasteiger partial charge in [-0.1, -0.05) is 24.3 Å². The number of halogens is 2. The van der Waals surface area contributed by atoms with Crippen molar-refractivity contribution in [3.8, 4) is 0 Å². The van der Waals surface area contributed by atoms with Crippen molar-refractivity contribution in [3.05, 3.63) is 63.4 Å². The Morgan fingerprint density at radius 3 is 2.89 bits per heavy atom. The zero-order chi connectivity index (χ0) is 13.4. The summed E-state index contributed by atoms with van der Waals surface area (Å²) < 4.78 is 13.9. The Balaban J connectivity index is 1.89. The van der Waals surface area contributed by atoms with E-state index in [2.05, 4.69) is 45.5 Å². The minimum atomic E-state index is -0.213. The van der Waals surface area contributed by atoms with E-state index in [0.29, 0.717) is 10.5 Å². The summed E-state index contributed by atoms with van der Waals surface area (Å²) >= 11 is 3.25. The summed E-state index contributed by atoms with van der Waals surface area (Å²) in [5.74, 6) is -0.213. The molecule has 0 radical (unpaired) electrons. The van der Waals surface area contributed by atoms with Crippen LogP contribution >= 0.6 is 15.9 Å². The van der Waals surface area contributed by atoms with Crippen LogP contribution in [0.3, 0.4) is 0 Å². The van der Waals surface area contributed by atoms with Gasteiger partial charge in [0.1, 0.15) is 5.82 Å². The fourth-order valence-electron chi connectivity index (χ4n) is 2.70. The number of anilines is 1. The highest BCUT2D eigenvalue weighted by atomic mass is 79.9. The molecule has 3 heteroatoms. The number of rotatable bonds is 2. The topological polar surface area (TPSA) is 12.0 Å². The van der Waals surface area contributed by atoms with Crippen LogP contribution in [0.15, 0.2) is 40.9 Å². The second-order valence-corrected chi connectivity index (χ2v) is 5.87. The molecule has 1 N–H and O–H groups in total. The predicted octanol–water partition coefficient (Wildman–Crippen LogP) is 5.00. The van der Waals surface area contributed by atoms with Gasteiger partial charge in [0.05, 0.1) is 10.5 Å². The summed E-state index contributed by atoms with van der Waals surface area (Å²) in [5, 5.41) is 3.54. The maximum atomic E-state index is 13.4. The first kappa shape index (κ1) is 12.7. The summed E-state index contributed by atoms with van der Waals surface area (Å²) in [5.41, 5.74) is 4.71. The molecule has 19 heavy (non-hydrogen) atoms. The Labute approximate surface area is 121 Å². The Morgan fingerprint density at radius 2 is 2.05 bits per heavy atom. The first-order valence-electron chi connectivity index (χ1n) is 6.45. The van der Waals surface area contributed by atoms with Crippen molar-refractivity contribution in [3.63, 3.8) is 0 Å². The second kappa shape index (κ2) is 4.97. The smallest absolute Gasteiger partial charge is 0.137 e. The van der Waals surface area contributed by atoms with Crippen LogP contribution in [0.1, 0.15) is 29.2 Å². The molecule has 98 valence electrons. The van der Waals surface area contributed by atoms with Crippen molar-refractivity contribution in [2.75, 3.05) is 5.32 Å². The quantitative estimate of drug-likeness (QED) is 0.821. The summed E-state index contributed by atoms with van der Waals surface area (Å²) in [4.78, 5) is 0. The number of fused-ring (bicyclic) bond motifs is 1. The van der Waals surface area contributed by atoms with E-state index >= 15 is 0 Å². The van der Waals surface area contributed by atoms with E-state index in [1.807, 2.05) is 13.0 Å². The highest BCUT2D eigenvalue weighted by Gasteiger charge is 2.22. The number of aryl methyl sites for hydroxylation is 2. The Kier molecular flexibility index (Phi) is 3.31. The molecular formula is C16H15BrFN. The van der Waals surface area contributed by atoms with Gasteiger partial charge in [0.15, 0.2) is 0 Å². The van der Waals surface area contributed by atoms with Crippen LogP contribution in [0.25, 0.3) is 0 Å². The van der Waals surface area contributed by atoms with E-state index in [-0.39, 0.29) is 5.82 Å². The third-order valence-corrected chi connectivity index (χ3v) is 4.34. The Hall–Kier alpha value is -1.35. The zero-order valence-corrected chi connectivity index (χ0v) is 12.3. The molecule has 0 aromatic heterocycles. The van der Waals surface area contributed by atoms with Crippen LogP contribution in [0.5, 0.6) is 0 Å². The lowest BCUT2D eigenvalue weighted by atomic mass is 10.1. The molecule has 0 fully saturated rings. The fourth-order valence-corrected chi connectivity index (χ4v) is 3.04. The monoisotopic (exact) mass is 319 g/mol. The maximum Gasteiger partial charge on any atom is 0.137 e. The van der Waals surface area contributed by atoms with Crippen LogP contribution in [0.4, 0.5) is 10.1 Å². The van der Waals surface area contributed by atoms with Crippen LogP contribution in [0, 0.1) is 12.7 Å². The molecule has 2 aromatic rings. The molecule has 1 nitrogen and oxygen atoms in total. The van der Waals surface area contributed by atoms with Gasteiger partial charge in [-0.2, -0.15) is 0 Å². The van der Waals surface area contributed by atoms with Crippen LogP contribution in [-0.2, 0) is 6.42 Å². The summed E-state index contributed by atoms with van der Waals surface area (Å²) in [6.45, 7) is 1.93. The van der Waals surface area contributed by atoms with E-state index in [0.717, 1.165) is 24.1 Å². The van der Waals surface area contributed by atoms with E-state index in [1.165, 1.54) is 11.1 Å². The molecule has 0 aliphatic heterocycles. The van der Waals surface area contributed by atoms with Crippen molar-refractivity contribution in [1.29, 1.82) is 0 Å². The minimum Gasteiger partial charge on any atom is -0.378 e. The zero-order valence-electron chi connectivity index (χ0n) is 10.7. The first-order valence-corrected chi connectivity index (χ1v) is 7.24. The molecule has 1 unspecified atom stereocenters. The molecule has 1 atom stereocenters. The molecule has 0 saturated carbocycles. The number of nitrogens with one attached hydrogen (secondary N) is 1. The third kappa shape index (κ3) is 2.39. The minimum absolute atomic E-state index is 0.213. The van der Waals surface area contributed by atoms with Crippen LogP contribution in [0.2, 0.25) is 0 Å². The number of hydrogen-bond acceptors (Lipinski definition) is 1. The Morgan fingerprint density at radius 1 is 1.26 bits per heavy atom. The molecule has 0 bridgehead atoms. The second-order valence-electron chi connectivity index (χ2n) is 5.02. The maximum absolute atomic E-state index is 13.4. The molecule has 0 heterocycles. The molecule has 1 aliphatic carbocycles. The van der Waals surface area contributed by atoms with Crippen molar-refractivity contribution >= 4 is 21.6 Å². The van der Waals surface area contributed by atoms with Gasteiger partial charge in [-0.3, -0.25) is 0 Å². The van der Waals surface area contributed by atoms with Gasteiger partial charge in [0.25, 0.3) is 0 Å². The van der Waals surface area contributed by atoms with E-state index in [4.69, 9.17) is 0 Å². The standard InChI is InChI=1S/C16H15BrFN/c1-10-8-14(18)13(17)9-16(10)19-15-7-6-11-4-2-3-5-12(11)15/h2-5,8-9,15,19H,6-7H2,1H3. The molecule has 0 amide bonds. The van der Waals surface area contributed by atoms with Crippen molar-refractivity contribution in [2.45, 2.75) is 25.8 Å². The molecule has 2 aromatic carbocycles. The van der Waals surface area contributed by atoms with E-state index < -0.39 is 0 Å². The molecule has 0 spiro atoms. The average Bonchev–Trinajstić information content (AvgIpc) is 2.80. The highest BCUT2D eigenvalue weighted by molar-refractivity contribution is 9.10. The lowest BCUT2D eigenvalue weighted by molar-refractivity contribution is 0.620. The van der Waals surface area contributed by atoms with Crippen molar-refractivity contribution in [1.82, 2.24) is 0 Å². The predicted molar refractivity (Wildman–Crippen MR) is 80.0 cm³/mol. The van der Waals surface area contributed by atoms with Crippen LogP contribution < -0.4 is 5.32 Å². The average molecular weight is 320 g/mol. The third-order valence-electron chi connectivity index (χ3n) is 3.73. The SMILES string of the molecule is Cc1cc(F)c(Br)cc1NC1CCc2ccccc21. The van der Waals surface area contributed by atoms with Gasteiger partial charge in [-0.15, -0.1) is 0 Å².